The third kappa shape index (κ3) is 5.78. The lowest BCUT2D eigenvalue weighted by atomic mass is 10.2. The lowest BCUT2D eigenvalue weighted by Gasteiger charge is -2.21. The molecule has 1 aliphatic carbocycles. The van der Waals surface area contributed by atoms with Crippen LogP contribution >= 0.6 is 11.3 Å². The van der Waals surface area contributed by atoms with Gasteiger partial charge in [0.1, 0.15) is 6.54 Å². The van der Waals surface area contributed by atoms with Crippen molar-refractivity contribution in [3.63, 3.8) is 0 Å². The number of nitrogens with one attached hydrogen (secondary N) is 2. The summed E-state index contributed by atoms with van der Waals surface area (Å²) in [4.78, 5) is 43.8. The van der Waals surface area contributed by atoms with E-state index in [-0.39, 0.29) is 43.5 Å². The average Bonchev–Trinajstić information content (AvgIpc) is 3.44. The van der Waals surface area contributed by atoms with E-state index >= 15 is 0 Å². The number of nitrogens with zero attached hydrogens (tertiary/aromatic N) is 2. The normalized spacial score (nSPS) is 13.8. The second-order valence-corrected chi connectivity index (χ2v) is 9.22. The molecule has 0 radical (unpaired) electrons. The molecule has 2 heterocycles. The van der Waals surface area contributed by atoms with Gasteiger partial charge >= 0.3 is 0 Å². The number of ether oxygens (including phenoxy) is 2. The Morgan fingerprint density at radius 1 is 1.03 bits per heavy atom. The van der Waals surface area contributed by atoms with Crippen LogP contribution in [-0.4, -0.2) is 47.0 Å². The Kier molecular flexibility index (Phi) is 6.62. The molecule has 5 rings (SSSR count). The summed E-state index contributed by atoms with van der Waals surface area (Å²) in [5.74, 6) is 0.722. The number of hydrogen-bond acceptors (Lipinski definition) is 7. The summed E-state index contributed by atoms with van der Waals surface area (Å²) in [6.45, 7) is 0.523. The molecule has 180 valence electrons. The molecule has 2 N–H and O–H groups in total. The van der Waals surface area contributed by atoms with Crippen molar-refractivity contribution in [1.82, 2.24) is 15.2 Å². The highest BCUT2D eigenvalue weighted by atomic mass is 32.1. The number of carbonyl (C=O) groups excluding carboxylic acids is 3. The number of amides is 3. The third-order valence-electron chi connectivity index (χ3n) is 5.65. The summed E-state index contributed by atoms with van der Waals surface area (Å²) in [6.07, 6.45) is 1.89. The van der Waals surface area contributed by atoms with E-state index in [0.717, 1.165) is 18.4 Å². The van der Waals surface area contributed by atoms with Crippen molar-refractivity contribution in [2.45, 2.75) is 31.8 Å². The first-order valence-corrected chi connectivity index (χ1v) is 12.2. The standard InChI is InChI=1S/C25H24N4O5S/c30-22(26-12-16-6-9-20-21(10-16)34-15-33-20)11-18-14-35-25(27-18)28-23(31)13-29(19-7-8-19)24(32)17-4-2-1-3-5-17/h1-6,9-10,14,19H,7-8,11-13,15H2,(H,26,30)(H,27,28,31). The highest BCUT2D eigenvalue weighted by Gasteiger charge is 2.34. The predicted octanol–water partition coefficient (Wildman–Crippen LogP) is 2.97. The Labute approximate surface area is 206 Å². The number of rotatable bonds is 9. The molecular weight excluding hydrogens is 468 g/mol. The van der Waals surface area contributed by atoms with E-state index in [0.29, 0.717) is 34.4 Å². The molecule has 3 amide bonds. The van der Waals surface area contributed by atoms with Crippen molar-refractivity contribution in [3.8, 4) is 11.5 Å². The van der Waals surface area contributed by atoms with Gasteiger partial charge in [-0.15, -0.1) is 11.3 Å². The number of fused-ring (bicyclic) bond motifs is 1. The van der Waals surface area contributed by atoms with Gasteiger partial charge in [0.05, 0.1) is 12.1 Å². The van der Waals surface area contributed by atoms with Gasteiger partial charge in [0.15, 0.2) is 16.6 Å². The quantitative estimate of drug-likeness (QED) is 0.475. The number of anilines is 1. The van der Waals surface area contributed by atoms with Crippen LogP contribution in [0.2, 0.25) is 0 Å². The molecule has 2 aromatic carbocycles. The van der Waals surface area contributed by atoms with Gasteiger partial charge in [0, 0.05) is 23.5 Å². The zero-order chi connectivity index (χ0) is 24.2. The Morgan fingerprint density at radius 2 is 1.83 bits per heavy atom. The lowest BCUT2D eigenvalue weighted by Crippen LogP contribution is -2.39. The molecular formula is C25H24N4O5S. The average molecular weight is 493 g/mol. The van der Waals surface area contributed by atoms with Crippen LogP contribution < -0.4 is 20.1 Å². The zero-order valence-electron chi connectivity index (χ0n) is 18.9. The summed E-state index contributed by atoms with van der Waals surface area (Å²) >= 11 is 1.25. The first-order chi connectivity index (χ1) is 17.0. The number of carbonyl (C=O) groups is 3. The monoisotopic (exact) mass is 492 g/mol. The molecule has 0 bridgehead atoms. The van der Waals surface area contributed by atoms with Crippen molar-refractivity contribution in [1.29, 1.82) is 0 Å². The molecule has 1 saturated carbocycles. The minimum Gasteiger partial charge on any atom is -0.454 e. The molecule has 9 nitrogen and oxygen atoms in total. The fraction of sp³-hybridized carbons (Fsp3) is 0.280. The molecule has 0 spiro atoms. The van der Waals surface area contributed by atoms with Crippen LogP contribution in [0.5, 0.6) is 11.5 Å². The first-order valence-electron chi connectivity index (χ1n) is 11.3. The minimum absolute atomic E-state index is 0.0384. The largest absolute Gasteiger partial charge is 0.454 e. The van der Waals surface area contributed by atoms with Gasteiger partial charge in [-0.3, -0.25) is 14.4 Å². The van der Waals surface area contributed by atoms with Gasteiger partial charge in [0.2, 0.25) is 18.6 Å². The van der Waals surface area contributed by atoms with Crippen molar-refractivity contribution < 1.29 is 23.9 Å². The van der Waals surface area contributed by atoms with E-state index in [1.807, 2.05) is 24.3 Å². The Hall–Kier alpha value is -3.92. The van der Waals surface area contributed by atoms with E-state index in [9.17, 15) is 14.4 Å². The van der Waals surface area contributed by atoms with Crippen molar-refractivity contribution >= 4 is 34.2 Å². The topological polar surface area (TPSA) is 110 Å². The zero-order valence-corrected chi connectivity index (χ0v) is 19.7. The predicted molar refractivity (Wildman–Crippen MR) is 129 cm³/mol. The number of benzene rings is 2. The first kappa shape index (κ1) is 22.9. The van der Waals surface area contributed by atoms with E-state index in [4.69, 9.17) is 9.47 Å². The fourth-order valence-corrected chi connectivity index (χ4v) is 4.46. The molecule has 35 heavy (non-hydrogen) atoms. The van der Waals surface area contributed by atoms with Crippen molar-refractivity contribution in [3.05, 3.63) is 70.7 Å². The SMILES string of the molecule is O=C(Cc1csc(NC(=O)CN(C(=O)c2ccccc2)C2CC2)n1)NCc1ccc2c(c1)OCO2. The van der Waals surface area contributed by atoms with E-state index in [1.165, 1.54) is 11.3 Å². The Bertz CT molecular complexity index is 1240. The molecule has 0 atom stereocenters. The van der Waals surface area contributed by atoms with Crippen LogP contribution in [0.3, 0.4) is 0 Å². The summed E-state index contributed by atoms with van der Waals surface area (Å²) < 4.78 is 10.6. The molecule has 2 aliphatic rings. The molecule has 1 aliphatic heterocycles. The summed E-state index contributed by atoms with van der Waals surface area (Å²) in [6, 6.07) is 14.6. The van der Waals surface area contributed by atoms with E-state index < -0.39 is 0 Å². The Morgan fingerprint density at radius 3 is 2.63 bits per heavy atom. The lowest BCUT2D eigenvalue weighted by molar-refractivity contribution is -0.120. The van der Waals surface area contributed by atoms with Gasteiger partial charge in [-0.05, 0) is 42.7 Å². The highest BCUT2D eigenvalue weighted by Crippen LogP contribution is 2.32. The molecule has 0 unspecified atom stereocenters. The van der Waals surface area contributed by atoms with E-state index in [1.54, 1.807) is 34.5 Å². The maximum Gasteiger partial charge on any atom is 0.254 e. The number of thiazole rings is 1. The number of aromatic nitrogens is 1. The second kappa shape index (κ2) is 10.1. The molecule has 10 heteroatoms. The third-order valence-corrected chi connectivity index (χ3v) is 6.46. The van der Waals surface area contributed by atoms with Crippen molar-refractivity contribution in [2.24, 2.45) is 0 Å². The maximum atomic E-state index is 12.8. The summed E-state index contributed by atoms with van der Waals surface area (Å²) in [7, 11) is 0. The Balaban J connectivity index is 1.11. The highest BCUT2D eigenvalue weighted by molar-refractivity contribution is 7.13. The second-order valence-electron chi connectivity index (χ2n) is 8.36. The summed E-state index contributed by atoms with van der Waals surface area (Å²) in [5.41, 5.74) is 2.03. The molecule has 1 fully saturated rings. The van der Waals surface area contributed by atoms with Gasteiger partial charge in [-0.2, -0.15) is 0 Å². The smallest absolute Gasteiger partial charge is 0.254 e. The number of hydrogen-bond donors (Lipinski definition) is 2. The minimum atomic E-state index is -0.311. The van der Waals surface area contributed by atoms with Crippen LogP contribution in [0, 0.1) is 0 Å². The van der Waals surface area contributed by atoms with Gasteiger partial charge < -0.3 is 25.0 Å². The van der Waals surface area contributed by atoms with Crippen LogP contribution in [-0.2, 0) is 22.6 Å². The van der Waals surface area contributed by atoms with Crippen LogP contribution in [0.15, 0.2) is 53.9 Å². The fourth-order valence-electron chi connectivity index (χ4n) is 3.74. The molecule has 1 aromatic heterocycles. The van der Waals surface area contributed by atoms with Crippen LogP contribution in [0.4, 0.5) is 5.13 Å². The van der Waals surface area contributed by atoms with Gasteiger partial charge in [-0.1, -0.05) is 24.3 Å². The van der Waals surface area contributed by atoms with Crippen LogP contribution in [0.25, 0.3) is 0 Å². The van der Waals surface area contributed by atoms with Gasteiger partial charge in [-0.25, -0.2) is 4.98 Å². The maximum absolute atomic E-state index is 12.8. The van der Waals surface area contributed by atoms with Gasteiger partial charge in [0.25, 0.3) is 5.91 Å². The molecule has 0 saturated heterocycles. The molecule has 3 aromatic rings. The summed E-state index contributed by atoms with van der Waals surface area (Å²) in [5, 5.41) is 7.75. The van der Waals surface area contributed by atoms with Crippen molar-refractivity contribution in [2.75, 3.05) is 18.7 Å². The van der Waals surface area contributed by atoms with Crippen LogP contribution in [0.1, 0.15) is 34.5 Å². The van der Waals surface area contributed by atoms with E-state index in [2.05, 4.69) is 15.6 Å².